The van der Waals surface area contributed by atoms with Gasteiger partial charge in [-0.25, -0.2) is 0 Å². The SMILES string of the molecule is CN1CCCCC1CCN(C)C1(CN)CCCCC1. The van der Waals surface area contributed by atoms with E-state index in [9.17, 15) is 0 Å². The molecule has 112 valence electrons. The van der Waals surface area contributed by atoms with E-state index in [1.165, 1.54) is 70.9 Å². The molecule has 1 saturated carbocycles. The molecule has 2 aliphatic rings. The maximum Gasteiger partial charge on any atom is 0.0328 e. The van der Waals surface area contributed by atoms with Crippen LogP contribution in [0.1, 0.15) is 57.8 Å². The van der Waals surface area contributed by atoms with Crippen molar-refractivity contribution in [1.82, 2.24) is 9.80 Å². The minimum Gasteiger partial charge on any atom is -0.329 e. The van der Waals surface area contributed by atoms with E-state index in [0.717, 1.165) is 12.6 Å². The Morgan fingerprint density at radius 2 is 1.89 bits per heavy atom. The number of likely N-dealkylation sites (tertiary alicyclic amines) is 1. The van der Waals surface area contributed by atoms with E-state index in [1.54, 1.807) is 0 Å². The van der Waals surface area contributed by atoms with E-state index in [4.69, 9.17) is 5.73 Å². The van der Waals surface area contributed by atoms with Crippen molar-refractivity contribution in [1.29, 1.82) is 0 Å². The highest BCUT2D eigenvalue weighted by Gasteiger charge is 2.34. The van der Waals surface area contributed by atoms with Gasteiger partial charge < -0.3 is 10.6 Å². The number of nitrogens with zero attached hydrogens (tertiary/aromatic N) is 2. The minimum atomic E-state index is 0.311. The summed E-state index contributed by atoms with van der Waals surface area (Å²) in [6.45, 7) is 3.34. The molecule has 2 fully saturated rings. The molecule has 1 saturated heterocycles. The Kier molecular flexibility index (Phi) is 5.67. The molecule has 1 atom stereocenters. The molecule has 19 heavy (non-hydrogen) atoms. The molecule has 0 amide bonds. The number of hydrogen-bond acceptors (Lipinski definition) is 3. The summed E-state index contributed by atoms with van der Waals surface area (Å²) in [6, 6.07) is 0.801. The zero-order valence-electron chi connectivity index (χ0n) is 13.0. The van der Waals surface area contributed by atoms with Gasteiger partial charge in [0, 0.05) is 18.1 Å². The van der Waals surface area contributed by atoms with Crippen molar-refractivity contribution in [3.63, 3.8) is 0 Å². The van der Waals surface area contributed by atoms with Crippen molar-refractivity contribution >= 4 is 0 Å². The standard InChI is InChI=1S/C16H33N3/c1-18-12-7-4-8-15(18)9-13-19(2)16(14-17)10-5-3-6-11-16/h15H,3-14,17H2,1-2H3. The van der Waals surface area contributed by atoms with Gasteiger partial charge >= 0.3 is 0 Å². The minimum absolute atomic E-state index is 0.311. The molecule has 0 aromatic heterocycles. The predicted octanol–water partition coefficient (Wildman–Crippen LogP) is 2.45. The van der Waals surface area contributed by atoms with Crippen LogP contribution >= 0.6 is 0 Å². The molecule has 1 unspecified atom stereocenters. The number of piperidine rings is 1. The van der Waals surface area contributed by atoms with Gasteiger partial charge in [0.2, 0.25) is 0 Å². The van der Waals surface area contributed by atoms with Crippen LogP contribution in [0, 0.1) is 0 Å². The van der Waals surface area contributed by atoms with E-state index >= 15 is 0 Å². The second-order valence-corrected chi connectivity index (χ2v) is 6.83. The molecular weight excluding hydrogens is 234 g/mol. The fourth-order valence-corrected chi connectivity index (χ4v) is 4.04. The van der Waals surface area contributed by atoms with Crippen molar-refractivity contribution < 1.29 is 0 Å². The van der Waals surface area contributed by atoms with Crippen LogP contribution in [0.3, 0.4) is 0 Å². The molecular formula is C16H33N3. The van der Waals surface area contributed by atoms with Gasteiger partial charge in [0.25, 0.3) is 0 Å². The Labute approximate surface area is 119 Å². The van der Waals surface area contributed by atoms with Gasteiger partial charge in [-0.15, -0.1) is 0 Å². The topological polar surface area (TPSA) is 32.5 Å². The highest BCUT2D eigenvalue weighted by atomic mass is 15.2. The zero-order valence-corrected chi connectivity index (χ0v) is 13.0. The van der Waals surface area contributed by atoms with Crippen molar-refractivity contribution in [3.05, 3.63) is 0 Å². The van der Waals surface area contributed by atoms with Crippen LogP contribution in [0.2, 0.25) is 0 Å². The molecule has 0 aromatic carbocycles. The highest BCUT2D eigenvalue weighted by Crippen LogP contribution is 2.32. The van der Waals surface area contributed by atoms with E-state index in [1.807, 2.05) is 0 Å². The monoisotopic (exact) mass is 267 g/mol. The average molecular weight is 267 g/mol. The van der Waals surface area contributed by atoms with Gasteiger partial charge in [-0.1, -0.05) is 25.7 Å². The van der Waals surface area contributed by atoms with E-state index in [0.29, 0.717) is 5.54 Å². The summed E-state index contributed by atoms with van der Waals surface area (Å²) in [5.41, 5.74) is 6.43. The van der Waals surface area contributed by atoms with E-state index in [-0.39, 0.29) is 0 Å². The van der Waals surface area contributed by atoms with Gasteiger partial charge in [0.15, 0.2) is 0 Å². The molecule has 0 aromatic rings. The third-order valence-corrected chi connectivity index (χ3v) is 5.69. The lowest BCUT2D eigenvalue weighted by Crippen LogP contribution is -2.54. The lowest BCUT2D eigenvalue weighted by Gasteiger charge is -2.45. The molecule has 2 rings (SSSR count). The Balaban J connectivity index is 1.83. The van der Waals surface area contributed by atoms with Crippen LogP contribution in [-0.4, -0.2) is 55.1 Å². The van der Waals surface area contributed by atoms with Crippen LogP contribution in [-0.2, 0) is 0 Å². The molecule has 1 heterocycles. The van der Waals surface area contributed by atoms with Gasteiger partial charge in [0.1, 0.15) is 0 Å². The summed E-state index contributed by atoms with van der Waals surface area (Å²) in [5, 5.41) is 0. The lowest BCUT2D eigenvalue weighted by atomic mass is 9.80. The number of rotatable bonds is 5. The molecule has 1 aliphatic carbocycles. The third kappa shape index (κ3) is 3.71. The van der Waals surface area contributed by atoms with Gasteiger partial charge in [-0.05, 0) is 59.3 Å². The molecule has 0 radical (unpaired) electrons. The van der Waals surface area contributed by atoms with Crippen LogP contribution in [0.4, 0.5) is 0 Å². The summed E-state index contributed by atoms with van der Waals surface area (Å²) >= 11 is 0. The third-order valence-electron chi connectivity index (χ3n) is 5.69. The fraction of sp³-hybridized carbons (Fsp3) is 1.00. The summed E-state index contributed by atoms with van der Waals surface area (Å²) in [4.78, 5) is 5.15. The van der Waals surface area contributed by atoms with Crippen molar-refractivity contribution in [2.75, 3.05) is 33.7 Å². The largest absolute Gasteiger partial charge is 0.329 e. The normalized spacial score (nSPS) is 28.7. The van der Waals surface area contributed by atoms with Crippen LogP contribution < -0.4 is 5.73 Å². The highest BCUT2D eigenvalue weighted by molar-refractivity contribution is 4.93. The Morgan fingerprint density at radius 3 is 2.53 bits per heavy atom. The first-order chi connectivity index (χ1) is 9.18. The predicted molar refractivity (Wildman–Crippen MR) is 82.4 cm³/mol. The van der Waals surface area contributed by atoms with Gasteiger partial charge in [0.05, 0.1) is 0 Å². The van der Waals surface area contributed by atoms with E-state index < -0.39 is 0 Å². The molecule has 3 heteroatoms. The van der Waals surface area contributed by atoms with Crippen molar-refractivity contribution in [2.45, 2.75) is 69.4 Å². The van der Waals surface area contributed by atoms with Crippen molar-refractivity contribution in [2.24, 2.45) is 5.73 Å². The van der Waals surface area contributed by atoms with Crippen LogP contribution in [0.5, 0.6) is 0 Å². The first-order valence-corrected chi connectivity index (χ1v) is 8.29. The van der Waals surface area contributed by atoms with Gasteiger partial charge in [-0.2, -0.15) is 0 Å². The average Bonchev–Trinajstić information content (AvgIpc) is 2.46. The summed E-state index contributed by atoms with van der Waals surface area (Å²) in [6.07, 6.45) is 12.3. The Morgan fingerprint density at radius 1 is 1.16 bits per heavy atom. The van der Waals surface area contributed by atoms with Crippen LogP contribution in [0.25, 0.3) is 0 Å². The summed E-state index contributed by atoms with van der Waals surface area (Å²) < 4.78 is 0. The molecule has 0 spiro atoms. The first kappa shape index (κ1) is 15.3. The Hall–Kier alpha value is -0.120. The summed E-state index contributed by atoms with van der Waals surface area (Å²) in [7, 11) is 4.60. The maximum atomic E-state index is 6.12. The zero-order chi connectivity index (χ0) is 13.7. The first-order valence-electron chi connectivity index (χ1n) is 8.29. The quantitative estimate of drug-likeness (QED) is 0.830. The molecule has 0 bridgehead atoms. The second-order valence-electron chi connectivity index (χ2n) is 6.83. The second kappa shape index (κ2) is 7.05. The number of nitrogens with two attached hydrogens (primary N) is 1. The fourth-order valence-electron chi connectivity index (χ4n) is 4.04. The summed E-state index contributed by atoms with van der Waals surface area (Å²) in [5.74, 6) is 0. The Bertz CT molecular complexity index is 261. The number of hydrogen-bond donors (Lipinski definition) is 1. The molecule has 2 N–H and O–H groups in total. The lowest BCUT2D eigenvalue weighted by molar-refractivity contribution is 0.0675. The van der Waals surface area contributed by atoms with Crippen LogP contribution in [0.15, 0.2) is 0 Å². The maximum absolute atomic E-state index is 6.12. The van der Waals surface area contributed by atoms with E-state index in [2.05, 4.69) is 23.9 Å². The number of likely N-dealkylation sites (N-methyl/N-ethyl adjacent to an activating group) is 1. The molecule has 1 aliphatic heterocycles. The van der Waals surface area contributed by atoms with Crippen molar-refractivity contribution in [3.8, 4) is 0 Å². The smallest absolute Gasteiger partial charge is 0.0328 e. The van der Waals surface area contributed by atoms with Gasteiger partial charge in [-0.3, -0.25) is 4.90 Å². The molecule has 3 nitrogen and oxygen atoms in total.